The lowest BCUT2D eigenvalue weighted by Gasteiger charge is -2.30. The Labute approximate surface area is 157 Å². The summed E-state index contributed by atoms with van der Waals surface area (Å²) in [5, 5.41) is 16.1. The van der Waals surface area contributed by atoms with Crippen LogP contribution in [0, 0.1) is 5.92 Å². The standard InChI is InChI=1S/C22H32N2O2/c1-16(14-17-6-3-2-4-7-17)20-15-21(20)24-19-11-9-18(10-12-19)23-13-5-8-22(25)26/h2-4,6-7,14,18-21,23-24H,5,8-13,15H2,1H3,(H,25,26)/b16-14+/t18-,19-,20?,21?. The minimum atomic E-state index is -0.699. The molecule has 2 unspecified atom stereocenters. The van der Waals surface area contributed by atoms with Crippen LogP contribution in [0.3, 0.4) is 0 Å². The van der Waals surface area contributed by atoms with Crippen molar-refractivity contribution in [2.24, 2.45) is 5.92 Å². The van der Waals surface area contributed by atoms with E-state index in [0.29, 0.717) is 24.0 Å². The van der Waals surface area contributed by atoms with E-state index in [1.807, 2.05) is 0 Å². The molecule has 4 nitrogen and oxygen atoms in total. The summed E-state index contributed by atoms with van der Waals surface area (Å²) in [6, 6.07) is 12.4. The molecule has 0 heterocycles. The zero-order chi connectivity index (χ0) is 18.4. The van der Waals surface area contributed by atoms with Crippen LogP contribution in [0.5, 0.6) is 0 Å². The van der Waals surface area contributed by atoms with Gasteiger partial charge < -0.3 is 15.7 Å². The highest BCUT2D eigenvalue weighted by atomic mass is 16.4. The van der Waals surface area contributed by atoms with Gasteiger partial charge in [0.05, 0.1) is 0 Å². The molecule has 3 rings (SSSR count). The third-order valence-corrected chi connectivity index (χ3v) is 5.75. The zero-order valence-electron chi connectivity index (χ0n) is 15.8. The van der Waals surface area contributed by atoms with Gasteiger partial charge in [0.25, 0.3) is 0 Å². The summed E-state index contributed by atoms with van der Waals surface area (Å²) in [6.07, 6.45) is 9.42. The molecule has 0 spiro atoms. The number of aliphatic carboxylic acids is 1. The number of benzene rings is 1. The minimum absolute atomic E-state index is 0.267. The lowest BCUT2D eigenvalue weighted by atomic mass is 9.91. The fourth-order valence-corrected chi connectivity index (χ4v) is 4.11. The molecule has 1 aromatic rings. The third kappa shape index (κ3) is 5.96. The summed E-state index contributed by atoms with van der Waals surface area (Å²) in [4.78, 5) is 10.5. The van der Waals surface area contributed by atoms with Crippen LogP contribution in [0.4, 0.5) is 0 Å². The first-order chi connectivity index (χ1) is 12.6. The number of rotatable bonds is 9. The summed E-state index contributed by atoms with van der Waals surface area (Å²) in [7, 11) is 0. The van der Waals surface area contributed by atoms with Crippen LogP contribution < -0.4 is 10.6 Å². The summed E-state index contributed by atoms with van der Waals surface area (Å²) < 4.78 is 0. The molecular weight excluding hydrogens is 324 g/mol. The van der Waals surface area contributed by atoms with Crippen molar-refractivity contribution in [2.75, 3.05) is 6.54 Å². The predicted molar refractivity (Wildman–Crippen MR) is 106 cm³/mol. The third-order valence-electron chi connectivity index (χ3n) is 5.75. The molecule has 0 aliphatic heterocycles. The molecule has 142 valence electrons. The Morgan fingerprint density at radius 2 is 1.85 bits per heavy atom. The topological polar surface area (TPSA) is 61.4 Å². The molecule has 0 amide bonds. The molecule has 26 heavy (non-hydrogen) atoms. The number of nitrogens with one attached hydrogen (secondary N) is 2. The van der Waals surface area contributed by atoms with Crippen molar-refractivity contribution in [3.8, 4) is 0 Å². The highest BCUT2D eigenvalue weighted by Gasteiger charge is 2.39. The van der Waals surface area contributed by atoms with Gasteiger partial charge in [-0.3, -0.25) is 4.79 Å². The second-order valence-electron chi connectivity index (χ2n) is 7.91. The quantitative estimate of drug-likeness (QED) is 0.589. The van der Waals surface area contributed by atoms with Gasteiger partial charge in [0.2, 0.25) is 0 Å². The number of carboxylic acid groups (broad SMARTS) is 1. The summed E-state index contributed by atoms with van der Waals surface area (Å²) in [5.74, 6) is -0.00243. The molecule has 2 aliphatic rings. The molecule has 3 N–H and O–H groups in total. The van der Waals surface area contributed by atoms with Gasteiger partial charge >= 0.3 is 5.97 Å². The van der Waals surface area contributed by atoms with E-state index >= 15 is 0 Å². The highest BCUT2D eigenvalue weighted by molar-refractivity contribution is 5.66. The van der Waals surface area contributed by atoms with Crippen LogP contribution in [0.15, 0.2) is 35.9 Å². The number of carbonyl (C=O) groups is 1. The normalized spacial score (nSPS) is 28.7. The lowest BCUT2D eigenvalue weighted by Crippen LogP contribution is -2.41. The van der Waals surface area contributed by atoms with Crippen LogP contribution in [-0.2, 0) is 4.79 Å². The van der Waals surface area contributed by atoms with E-state index in [0.717, 1.165) is 13.0 Å². The molecule has 4 heteroatoms. The molecule has 1 aromatic carbocycles. The minimum Gasteiger partial charge on any atom is -0.481 e. The monoisotopic (exact) mass is 356 g/mol. The van der Waals surface area contributed by atoms with Gasteiger partial charge in [-0.15, -0.1) is 0 Å². The van der Waals surface area contributed by atoms with Crippen LogP contribution in [-0.4, -0.2) is 35.7 Å². The summed E-state index contributed by atoms with van der Waals surface area (Å²) >= 11 is 0. The summed E-state index contributed by atoms with van der Waals surface area (Å²) in [6.45, 7) is 3.08. The lowest BCUT2D eigenvalue weighted by molar-refractivity contribution is -0.137. The molecule has 2 aliphatic carbocycles. The summed E-state index contributed by atoms with van der Waals surface area (Å²) in [5.41, 5.74) is 2.78. The van der Waals surface area contributed by atoms with E-state index in [9.17, 15) is 4.79 Å². The SMILES string of the molecule is C/C(=C\c1ccccc1)C1CC1N[C@H]1CC[C@H](NCCCC(=O)O)CC1. The smallest absolute Gasteiger partial charge is 0.303 e. The average molecular weight is 357 g/mol. The van der Waals surface area contributed by atoms with Crippen molar-refractivity contribution >= 4 is 12.0 Å². The maximum Gasteiger partial charge on any atom is 0.303 e. The Hall–Kier alpha value is -1.65. The van der Waals surface area contributed by atoms with Gasteiger partial charge in [-0.2, -0.15) is 0 Å². The fourth-order valence-electron chi connectivity index (χ4n) is 4.11. The number of hydrogen-bond acceptors (Lipinski definition) is 3. The van der Waals surface area contributed by atoms with Crippen LogP contribution in [0.2, 0.25) is 0 Å². The predicted octanol–water partition coefficient (Wildman–Crippen LogP) is 3.83. The van der Waals surface area contributed by atoms with Gasteiger partial charge in [0.1, 0.15) is 0 Å². The van der Waals surface area contributed by atoms with Crippen LogP contribution >= 0.6 is 0 Å². The molecule has 2 saturated carbocycles. The van der Waals surface area contributed by atoms with E-state index in [-0.39, 0.29) is 6.42 Å². The van der Waals surface area contributed by atoms with Crippen molar-refractivity contribution in [3.05, 3.63) is 41.5 Å². The van der Waals surface area contributed by atoms with E-state index in [2.05, 4.69) is 54.0 Å². The van der Waals surface area contributed by atoms with Crippen molar-refractivity contribution < 1.29 is 9.90 Å². The number of hydrogen-bond donors (Lipinski definition) is 3. The maximum atomic E-state index is 10.5. The van der Waals surface area contributed by atoms with Gasteiger partial charge in [-0.25, -0.2) is 0 Å². The van der Waals surface area contributed by atoms with Crippen molar-refractivity contribution in [2.45, 2.75) is 70.0 Å². The average Bonchev–Trinajstić information content (AvgIpc) is 3.40. The molecule has 2 atom stereocenters. The fraction of sp³-hybridized carbons (Fsp3) is 0.591. The van der Waals surface area contributed by atoms with E-state index in [1.165, 1.54) is 43.2 Å². The largest absolute Gasteiger partial charge is 0.481 e. The van der Waals surface area contributed by atoms with E-state index in [4.69, 9.17) is 5.11 Å². The highest BCUT2D eigenvalue weighted by Crippen LogP contribution is 2.39. The Balaban J connectivity index is 1.33. The zero-order valence-corrected chi connectivity index (χ0v) is 15.8. The van der Waals surface area contributed by atoms with Crippen molar-refractivity contribution in [3.63, 3.8) is 0 Å². The molecule has 0 radical (unpaired) electrons. The Kier molecular flexibility index (Phi) is 6.86. The molecule has 2 fully saturated rings. The molecular formula is C22H32N2O2. The van der Waals surface area contributed by atoms with E-state index in [1.54, 1.807) is 0 Å². The van der Waals surface area contributed by atoms with Crippen LogP contribution in [0.1, 0.15) is 57.4 Å². The molecule has 0 aromatic heterocycles. The second-order valence-corrected chi connectivity index (χ2v) is 7.91. The maximum absolute atomic E-state index is 10.5. The van der Waals surface area contributed by atoms with Gasteiger partial charge in [0, 0.05) is 24.5 Å². The first-order valence-electron chi connectivity index (χ1n) is 10.1. The first kappa shape index (κ1) is 19.1. The van der Waals surface area contributed by atoms with Crippen LogP contribution in [0.25, 0.3) is 6.08 Å². The first-order valence-corrected chi connectivity index (χ1v) is 10.1. The van der Waals surface area contributed by atoms with E-state index < -0.39 is 5.97 Å². The molecule has 0 saturated heterocycles. The Morgan fingerprint density at radius 3 is 2.54 bits per heavy atom. The van der Waals surface area contributed by atoms with Crippen molar-refractivity contribution in [1.29, 1.82) is 0 Å². The number of carboxylic acids is 1. The second kappa shape index (κ2) is 9.33. The van der Waals surface area contributed by atoms with Gasteiger partial charge in [-0.1, -0.05) is 42.0 Å². The van der Waals surface area contributed by atoms with Gasteiger partial charge in [0.15, 0.2) is 0 Å². The van der Waals surface area contributed by atoms with Gasteiger partial charge in [-0.05, 0) is 63.5 Å². The Morgan fingerprint density at radius 1 is 1.15 bits per heavy atom. The molecule has 0 bridgehead atoms. The Bertz CT molecular complexity index is 606. The van der Waals surface area contributed by atoms with Crippen molar-refractivity contribution in [1.82, 2.24) is 10.6 Å².